The van der Waals surface area contributed by atoms with Crippen LogP contribution in [0.2, 0.25) is 0 Å². The van der Waals surface area contributed by atoms with Gasteiger partial charge in [0.15, 0.2) is 5.78 Å². The van der Waals surface area contributed by atoms with E-state index >= 15 is 0 Å². The number of halogens is 2. The molecule has 1 fully saturated rings. The minimum absolute atomic E-state index is 0.0213. The molecule has 0 N–H and O–H groups in total. The molecule has 0 aromatic heterocycles. The van der Waals surface area contributed by atoms with E-state index in [0.29, 0.717) is 6.54 Å². The van der Waals surface area contributed by atoms with Gasteiger partial charge in [-0.25, -0.2) is 8.78 Å². The van der Waals surface area contributed by atoms with E-state index in [0.717, 1.165) is 5.56 Å². The summed E-state index contributed by atoms with van der Waals surface area (Å²) in [5.74, 6) is -1.37. The summed E-state index contributed by atoms with van der Waals surface area (Å²) in [6.07, 6.45) is -3.15. The highest BCUT2D eigenvalue weighted by atomic mass is 19.3. The zero-order valence-electron chi connectivity index (χ0n) is 10.4. The van der Waals surface area contributed by atoms with Crippen molar-refractivity contribution in [2.75, 3.05) is 6.54 Å². The third-order valence-corrected chi connectivity index (χ3v) is 3.18. The van der Waals surface area contributed by atoms with Gasteiger partial charge in [0, 0.05) is 19.4 Å². The number of Topliss-reactive ketones (excluding diaryl/α,β-unsaturated/α-hetero) is 1. The fourth-order valence-electron chi connectivity index (χ4n) is 2.31. The summed E-state index contributed by atoms with van der Waals surface area (Å²) in [6, 6.07) is 9.21. The molecule has 0 spiro atoms. The Morgan fingerprint density at radius 2 is 1.89 bits per heavy atom. The van der Waals surface area contributed by atoms with Crippen LogP contribution in [0, 0.1) is 5.92 Å². The van der Waals surface area contributed by atoms with E-state index in [1.807, 2.05) is 30.3 Å². The quantitative estimate of drug-likeness (QED) is 0.839. The van der Waals surface area contributed by atoms with Crippen LogP contribution in [0.5, 0.6) is 0 Å². The van der Waals surface area contributed by atoms with E-state index in [9.17, 15) is 18.4 Å². The number of benzene rings is 1. The minimum atomic E-state index is -2.56. The van der Waals surface area contributed by atoms with Crippen molar-refractivity contribution >= 4 is 11.7 Å². The average Bonchev–Trinajstić information content (AvgIpc) is 2.35. The molecule has 1 aliphatic rings. The maximum absolute atomic E-state index is 12.4. The molecule has 19 heavy (non-hydrogen) atoms. The molecule has 1 amide bonds. The molecule has 1 unspecified atom stereocenters. The topological polar surface area (TPSA) is 37.4 Å². The Hall–Kier alpha value is -1.78. The summed E-state index contributed by atoms with van der Waals surface area (Å²) in [5, 5.41) is 0. The zero-order valence-corrected chi connectivity index (χ0v) is 10.4. The van der Waals surface area contributed by atoms with Gasteiger partial charge in [-0.3, -0.25) is 9.59 Å². The molecule has 3 nitrogen and oxygen atoms in total. The summed E-state index contributed by atoms with van der Waals surface area (Å²) >= 11 is 0. The van der Waals surface area contributed by atoms with Crippen molar-refractivity contribution < 1.29 is 18.4 Å². The summed E-state index contributed by atoms with van der Waals surface area (Å²) in [6.45, 7) is 0.318. The maximum atomic E-state index is 12.4. The summed E-state index contributed by atoms with van der Waals surface area (Å²) in [4.78, 5) is 25.0. The Bertz CT molecular complexity index is 462. The summed E-state index contributed by atoms with van der Waals surface area (Å²) in [7, 11) is 0. The first-order chi connectivity index (χ1) is 9.06. The number of rotatable bonds is 4. The predicted octanol–water partition coefficient (Wildman–Crippen LogP) is 2.26. The highest BCUT2D eigenvalue weighted by molar-refractivity contribution is 5.94. The molecule has 0 bridgehead atoms. The average molecular weight is 267 g/mol. The molecule has 5 heteroatoms. The largest absolute Gasteiger partial charge is 0.331 e. The number of alkyl halides is 2. The molecule has 1 aliphatic heterocycles. The Kier molecular flexibility index (Phi) is 4.24. The van der Waals surface area contributed by atoms with Gasteiger partial charge in [0.05, 0.1) is 12.5 Å². The second-order valence-corrected chi connectivity index (χ2v) is 4.75. The van der Waals surface area contributed by atoms with E-state index in [-0.39, 0.29) is 24.7 Å². The predicted molar refractivity (Wildman–Crippen MR) is 65.6 cm³/mol. The Morgan fingerprint density at radius 3 is 2.53 bits per heavy atom. The van der Waals surface area contributed by atoms with Crippen molar-refractivity contribution in [3.8, 4) is 0 Å². The fourth-order valence-corrected chi connectivity index (χ4v) is 2.31. The molecule has 2 rings (SSSR count). The van der Waals surface area contributed by atoms with Gasteiger partial charge in [0.25, 0.3) is 0 Å². The number of carbonyl (C=O) groups is 2. The van der Waals surface area contributed by atoms with E-state index < -0.39 is 18.8 Å². The van der Waals surface area contributed by atoms with E-state index in [4.69, 9.17) is 0 Å². The lowest BCUT2D eigenvalue weighted by atomic mass is 9.93. The first-order valence-corrected chi connectivity index (χ1v) is 6.19. The molecular formula is C14H15F2NO2. The Balaban J connectivity index is 2.07. The van der Waals surface area contributed by atoms with Gasteiger partial charge in [-0.15, -0.1) is 0 Å². The van der Waals surface area contributed by atoms with Gasteiger partial charge in [-0.05, 0) is 5.56 Å². The lowest BCUT2D eigenvalue weighted by Gasteiger charge is -2.31. The highest BCUT2D eigenvalue weighted by Gasteiger charge is 2.34. The van der Waals surface area contributed by atoms with Crippen molar-refractivity contribution in [1.29, 1.82) is 0 Å². The number of carbonyl (C=O) groups excluding carboxylic acids is 2. The standard InChI is InChI=1S/C14H15F2NO2/c15-13(16)7-11-6-12(18)9-17(14(11)19)8-10-4-2-1-3-5-10/h1-5,11,13H,6-9H2. The van der Waals surface area contributed by atoms with Crippen molar-refractivity contribution in [1.82, 2.24) is 4.90 Å². The number of hydrogen-bond acceptors (Lipinski definition) is 2. The normalized spacial score (nSPS) is 20.2. The van der Waals surface area contributed by atoms with Crippen LogP contribution in [-0.2, 0) is 16.1 Å². The van der Waals surface area contributed by atoms with Gasteiger partial charge in [-0.1, -0.05) is 30.3 Å². The van der Waals surface area contributed by atoms with Crippen LogP contribution in [0.25, 0.3) is 0 Å². The van der Waals surface area contributed by atoms with E-state index in [1.165, 1.54) is 4.90 Å². The lowest BCUT2D eigenvalue weighted by Crippen LogP contribution is -2.45. The summed E-state index contributed by atoms with van der Waals surface area (Å²) in [5.41, 5.74) is 0.890. The first-order valence-electron chi connectivity index (χ1n) is 6.19. The number of ketones is 1. The van der Waals surface area contributed by atoms with Crippen LogP contribution in [0.1, 0.15) is 18.4 Å². The number of piperidine rings is 1. The number of amides is 1. The third-order valence-electron chi connectivity index (χ3n) is 3.18. The fraction of sp³-hybridized carbons (Fsp3) is 0.429. The van der Waals surface area contributed by atoms with Gasteiger partial charge in [0.2, 0.25) is 12.3 Å². The molecule has 0 aliphatic carbocycles. The molecular weight excluding hydrogens is 252 g/mol. The van der Waals surface area contributed by atoms with Crippen LogP contribution >= 0.6 is 0 Å². The number of hydrogen-bond donors (Lipinski definition) is 0. The van der Waals surface area contributed by atoms with Crippen molar-refractivity contribution in [3.63, 3.8) is 0 Å². The van der Waals surface area contributed by atoms with Crippen LogP contribution in [0.4, 0.5) is 8.78 Å². The molecule has 1 aromatic carbocycles. The third kappa shape index (κ3) is 3.59. The molecule has 1 aromatic rings. The monoisotopic (exact) mass is 267 g/mol. The van der Waals surface area contributed by atoms with Crippen LogP contribution in [-0.4, -0.2) is 29.6 Å². The summed E-state index contributed by atoms with van der Waals surface area (Å²) < 4.78 is 24.8. The molecule has 102 valence electrons. The van der Waals surface area contributed by atoms with E-state index in [2.05, 4.69) is 0 Å². The maximum Gasteiger partial charge on any atom is 0.239 e. The van der Waals surface area contributed by atoms with Crippen molar-refractivity contribution in [3.05, 3.63) is 35.9 Å². The smallest absolute Gasteiger partial charge is 0.239 e. The Labute approximate surface area is 110 Å². The van der Waals surface area contributed by atoms with Gasteiger partial charge in [0.1, 0.15) is 0 Å². The molecule has 0 saturated carbocycles. The minimum Gasteiger partial charge on any atom is -0.331 e. The second kappa shape index (κ2) is 5.91. The SMILES string of the molecule is O=C1CC(CC(F)F)C(=O)N(Cc2ccccc2)C1. The van der Waals surface area contributed by atoms with E-state index in [1.54, 1.807) is 0 Å². The van der Waals surface area contributed by atoms with Gasteiger partial charge in [-0.2, -0.15) is 0 Å². The molecule has 1 heterocycles. The Morgan fingerprint density at radius 1 is 1.21 bits per heavy atom. The highest BCUT2D eigenvalue weighted by Crippen LogP contribution is 2.23. The van der Waals surface area contributed by atoms with Crippen molar-refractivity contribution in [2.24, 2.45) is 5.92 Å². The van der Waals surface area contributed by atoms with Crippen molar-refractivity contribution in [2.45, 2.75) is 25.8 Å². The zero-order chi connectivity index (χ0) is 13.8. The molecule has 1 atom stereocenters. The molecule has 0 radical (unpaired) electrons. The first kappa shape index (κ1) is 13.6. The van der Waals surface area contributed by atoms with Crippen LogP contribution < -0.4 is 0 Å². The van der Waals surface area contributed by atoms with Gasteiger partial charge < -0.3 is 4.90 Å². The number of nitrogens with zero attached hydrogens (tertiary/aromatic N) is 1. The van der Waals surface area contributed by atoms with Gasteiger partial charge >= 0.3 is 0 Å². The number of likely N-dealkylation sites (tertiary alicyclic amines) is 1. The second-order valence-electron chi connectivity index (χ2n) is 4.75. The molecule has 1 saturated heterocycles. The van der Waals surface area contributed by atoms with Crippen LogP contribution in [0.3, 0.4) is 0 Å². The lowest BCUT2D eigenvalue weighted by molar-refractivity contribution is -0.147. The van der Waals surface area contributed by atoms with Crippen LogP contribution in [0.15, 0.2) is 30.3 Å².